The van der Waals surface area contributed by atoms with Crippen molar-refractivity contribution in [1.29, 1.82) is 0 Å². The van der Waals surface area contributed by atoms with Crippen molar-refractivity contribution in [3.63, 3.8) is 0 Å². The van der Waals surface area contributed by atoms with Crippen LogP contribution in [0.2, 0.25) is 5.02 Å². The van der Waals surface area contributed by atoms with Crippen LogP contribution < -0.4 is 0 Å². The van der Waals surface area contributed by atoms with E-state index in [-0.39, 0.29) is 23.0 Å². The van der Waals surface area contributed by atoms with Gasteiger partial charge in [-0.3, -0.25) is 19.4 Å². The van der Waals surface area contributed by atoms with Gasteiger partial charge in [0, 0.05) is 58.4 Å². The highest BCUT2D eigenvalue weighted by molar-refractivity contribution is 6.33. The van der Waals surface area contributed by atoms with Gasteiger partial charge in [0.1, 0.15) is 0 Å². The van der Waals surface area contributed by atoms with Crippen LogP contribution >= 0.6 is 11.6 Å². The zero-order valence-corrected chi connectivity index (χ0v) is 20.0. The number of rotatable bonds is 6. The van der Waals surface area contributed by atoms with E-state index in [1.54, 1.807) is 0 Å². The van der Waals surface area contributed by atoms with Crippen molar-refractivity contribution < 1.29 is 22.8 Å². The van der Waals surface area contributed by atoms with Crippen LogP contribution in [0.4, 0.5) is 13.2 Å². The summed E-state index contributed by atoms with van der Waals surface area (Å²) in [4.78, 5) is 33.4. The van der Waals surface area contributed by atoms with Gasteiger partial charge in [0.05, 0.1) is 22.7 Å². The lowest BCUT2D eigenvalue weighted by molar-refractivity contribution is -0.137. The Morgan fingerprint density at radius 2 is 1.52 bits per heavy atom. The minimum Gasteiger partial charge on any atom is -0.339 e. The number of hydrogen-bond acceptors (Lipinski definition) is 4. The monoisotopic (exact) mass is 488 g/mol. The minimum atomic E-state index is -4.54. The maximum atomic E-state index is 13.0. The van der Waals surface area contributed by atoms with Crippen molar-refractivity contribution in [1.82, 2.24) is 19.6 Å². The van der Waals surface area contributed by atoms with Gasteiger partial charge in [-0.1, -0.05) is 25.4 Å². The van der Waals surface area contributed by atoms with E-state index in [1.807, 2.05) is 9.80 Å². The first-order valence-electron chi connectivity index (χ1n) is 11.5. The molecule has 0 unspecified atom stereocenters. The van der Waals surface area contributed by atoms with Gasteiger partial charge in [-0.05, 0) is 31.0 Å². The molecule has 0 radical (unpaired) electrons. The highest BCUT2D eigenvalue weighted by Crippen LogP contribution is 2.32. The predicted molar refractivity (Wildman–Crippen MR) is 121 cm³/mol. The molecule has 3 rings (SSSR count). The van der Waals surface area contributed by atoms with Crippen molar-refractivity contribution in [3.8, 4) is 0 Å². The summed E-state index contributed by atoms with van der Waals surface area (Å²) in [5.74, 6) is -0.436. The molecule has 33 heavy (non-hydrogen) atoms. The fourth-order valence-electron chi connectivity index (χ4n) is 4.58. The molecule has 2 saturated heterocycles. The molecule has 2 aliphatic heterocycles. The molecule has 2 heterocycles. The predicted octanol–water partition coefficient (Wildman–Crippen LogP) is 3.45. The minimum absolute atomic E-state index is 0.00173. The van der Waals surface area contributed by atoms with E-state index in [9.17, 15) is 22.8 Å². The van der Waals surface area contributed by atoms with Crippen LogP contribution in [0, 0.1) is 0 Å². The molecule has 6 nitrogen and oxygen atoms in total. The van der Waals surface area contributed by atoms with E-state index in [0.717, 1.165) is 57.2 Å². The lowest BCUT2D eigenvalue weighted by Crippen LogP contribution is -2.55. The molecule has 0 N–H and O–H groups in total. The summed E-state index contributed by atoms with van der Waals surface area (Å²) in [6.07, 6.45) is -2.32. The normalized spacial score (nSPS) is 18.8. The molecule has 0 saturated carbocycles. The molecule has 0 bridgehead atoms. The summed E-state index contributed by atoms with van der Waals surface area (Å²) < 4.78 is 39.0. The highest BCUT2D eigenvalue weighted by atomic mass is 35.5. The third-order valence-corrected chi connectivity index (χ3v) is 7.00. The maximum Gasteiger partial charge on any atom is 0.416 e. The Labute approximate surface area is 198 Å². The molecule has 1 aromatic rings. The average Bonchev–Trinajstić information content (AvgIpc) is 2.80. The second-order valence-electron chi connectivity index (χ2n) is 8.65. The van der Waals surface area contributed by atoms with E-state index in [4.69, 9.17) is 11.6 Å². The van der Waals surface area contributed by atoms with Gasteiger partial charge >= 0.3 is 6.18 Å². The Morgan fingerprint density at radius 3 is 2.06 bits per heavy atom. The van der Waals surface area contributed by atoms with Crippen molar-refractivity contribution in [2.75, 3.05) is 58.9 Å². The molecule has 0 spiro atoms. The van der Waals surface area contributed by atoms with Crippen molar-refractivity contribution >= 4 is 23.4 Å². The van der Waals surface area contributed by atoms with Gasteiger partial charge in [0.15, 0.2) is 0 Å². The molecule has 2 amide bonds. The number of halogens is 4. The summed E-state index contributed by atoms with van der Waals surface area (Å²) in [5.41, 5.74) is -1.05. The largest absolute Gasteiger partial charge is 0.416 e. The average molecular weight is 489 g/mol. The molecule has 2 fully saturated rings. The summed E-state index contributed by atoms with van der Waals surface area (Å²) in [6.45, 7) is 9.54. The Kier molecular flexibility index (Phi) is 8.64. The molecule has 0 atom stereocenters. The summed E-state index contributed by atoms with van der Waals surface area (Å²) in [5, 5.41) is -0.00173. The van der Waals surface area contributed by atoms with Crippen LogP contribution in [0.1, 0.15) is 42.6 Å². The van der Waals surface area contributed by atoms with Crippen molar-refractivity contribution in [2.45, 2.75) is 38.9 Å². The standard InChI is InChI=1S/C23H32ClF3N4O2/c1-3-18(4-2)29-11-13-30(14-12-29)21(32)16-28-7-9-31(10-8-28)22(33)19-15-17(23(25,26)27)5-6-20(19)24/h5-6,15,18H,3-4,7-14,16H2,1-2H3. The first-order valence-corrected chi connectivity index (χ1v) is 11.9. The first-order chi connectivity index (χ1) is 15.6. The summed E-state index contributed by atoms with van der Waals surface area (Å²) >= 11 is 6.01. The first kappa shape index (κ1) is 25.8. The van der Waals surface area contributed by atoms with Gasteiger partial charge < -0.3 is 9.80 Å². The quantitative estimate of drug-likeness (QED) is 0.615. The van der Waals surface area contributed by atoms with Gasteiger partial charge in [-0.15, -0.1) is 0 Å². The van der Waals surface area contributed by atoms with Crippen LogP contribution in [-0.4, -0.2) is 96.4 Å². The van der Waals surface area contributed by atoms with Crippen molar-refractivity contribution in [3.05, 3.63) is 34.3 Å². The molecule has 10 heteroatoms. The Morgan fingerprint density at radius 1 is 0.939 bits per heavy atom. The van der Waals surface area contributed by atoms with Crippen LogP contribution in [0.15, 0.2) is 18.2 Å². The van der Waals surface area contributed by atoms with Gasteiger partial charge in [-0.2, -0.15) is 13.2 Å². The SMILES string of the molecule is CCC(CC)N1CCN(C(=O)CN2CCN(C(=O)c3cc(C(F)(F)F)ccc3Cl)CC2)CC1. The van der Waals surface area contributed by atoms with E-state index in [1.165, 1.54) is 4.90 Å². The van der Waals surface area contributed by atoms with Gasteiger partial charge in [-0.25, -0.2) is 0 Å². The van der Waals surface area contributed by atoms with Gasteiger partial charge in [0.2, 0.25) is 5.91 Å². The van der Waals surface area contributed by atoms with E-state index in [0.29, 0.717) is 32.2 Å². The Balaban J connectivity index is 1.49. The van der Waals surface area contributed by atoms with E-state index in [2.05, 4.69) is 18.7 Å². The second-order valence-corrected chi connectivity index (χ2v) is 9.06. The van der Waals surface area contributed by atoms with Crippen LogP contribution in [0.5, 0.6) is 0 Å². The molecule has 184 valence electrons. The lowest BCUT2D eigenvalue weighted by Gasteiger charge is -2.40. The zero-order valence-electron chi connectivity index (χ0n) is 19.2. The number of hydrogen-bond donors (Lipinski definition) is 0. The molecule has 0 aromatic heterocycles. The summed E-state index contributed by atoms with van der Waals surface area (Å²) in [7, 11) is 0. The van der Waals surface area contributed by atoms with Crippen LogP contribution in [0.25, 0.3) is 0 Å². The maximum absolute atomic E-state index is 13.0. The molecule has 1 aromatic carbocycles. The fourth-order valence-corrected chi connectivity index (χ4v) is 4.78. The number of nitrogens with zero attached hydrogens (tertiary/aromatic N) is 4. The third kappa shape index (κ3) is 6.39. The van der Waals surface area contributed by atoms with E-state index >= 15 is 0 Å². The van der Waals surface area contributed by atoms with Crippen molar-refractivity contribution in [2.24, 2.45) is 0 Å². The fraction of sp³-hybridized carbons (Fsp3) is 0.652. The number of carbonyl (C=O) groups is 2. The van der Waals surface area contributed by atoms with Gasteiger partial charge in [0.25, 0.3) is 5.91 Å². The lowest BCUT2D eigenvalue weighted by atomic mass is 10.1. The number of piperazine rings is 2. The molecular formula is C23H32ClF3N4O2. The Bertz CT molecular complexity index is 831. The third-order valence-electron chi connectivity index (χ3n) is 6.67. The molecule has 0 aliphatic carbocycles. The number of benzene rings is 1. The zero-order chi connectivity index (χ0) is 24.2. The number of carbonyl (C=O) groups excluding carboxylic acids is 2. The second kappa shape index (κ2) is 11.1. The summed E-state index contributed by atoms with van der Waals surface area (Å²) in [6, 6.07) is 3.35. The number of alkyl halides is 3. The Hall–Kier alpha value is -1.84. The van der Waals surface area contributed by atoms with Crippen LogP contribution in [0.3, 0.4) is 0 Å². The molecule has 2 aliphatic rings. The highest BCUT2D eigenvalue weighted by Gasteiger charge is 2.33. The molecular weight excluding hydrogens is 457 g/mol. The van der Waals surface area contributed by atoms with Crippen LogP contribution in [-0.2, 0) is 11.0 Å². The smallest absolute Gasteiger partial charge is 0.339 e. The van der Waals surface area contributed by atoms with E-state index < -0.39 is 17.6 Å². The topological polar surface area (TPSA) is 47.1 Å². The number of amides is 2.